The molecule has 30 heavy (non-hydrogen) atoms. The molecule has 1 heterocycles. The predicted octanol–water partition coefficient (Wildman–Crippen LogP) is 3.87. The molecule has 6 heteroatoms. The van der Waals surface area contributed by atoms with E-state index in [-0.39, 0.29) is 17.7 Å². The Labute approximate surface area is 177 Å². The zero-order chi connectivity index (χ0) is 21.7. The molecular formula is C24H28N4O2. The van der Waals surface area contributed by atoms with Crippen LogP contribution in [0.5, 0.6) is 0 Å². The number of hydrazone groups is 1. The third kappa shape index (κ3) is 4.76. The number of nitrogens with one attached hydrogen (secondary N) is 2. The van der Waals surface area contributed by atoms with Crippen molar-refractivity contribution < 1.29 is 9.59 Å². The molecule has 2 N–H and O–H groups in total. The smallest absolute Gasteiger partial charge is 0.262 e. The van der Waals surface area contributed by atoms with Gasteiger partial charge in [0.15, 0.2) is 0 Å². The maximum atomic E-state index is 12.7. The quantitative estimate of drug-likeness (QED) is 0.463. The molecule has 0 aliphatic carbocycles. The van der Waals surface area contributed by atoms with Crippen LogP contribution < -0.4 is 10.7 Å². The van der Waals surface area contributed by atoms with E-state index in [2.05, 4.69) is 33.4 Å². The zero-order valence-corrected chi connectivity index (χ0v) is 17.8. The van der Waals surface area contributed by atoms with Gasteiger partial charge in [0.25, 0.3) is 11.8 Å². The lowest BCUT2D eigenvalue weighted by Crippen LogP contribution is -2.48. The molecule has 0 bridgehead atoms. The average molecular weight is 405 g/mol. The fourth-order valence-electron chi connectivity index (χ4n) is 3.34. The van der Waals surface area contributed by atoms with Gasteiger partial charge in [0, 0.05) is 34.8 Å². The Kier molecular flexibility index (Phi) is 6.67. The van der Waals surface area contributed by atoms with Crippen molar-refractivity contribution in [3.05, 3.63) is 71.4 Å². The first-order valence-electron chi connectivity index (χ1n) is 10.2. The van der Waals surface area contributed by atoms with Crippen molar-refractivity contribution in [2.24, 2.45) is 11.0 Å². The number of nitrogens with zero attached hydrogens (tertiary/aromatic N) is 2. The molecule has 0 fully saturated rings. The zero-order valence-electron chi connectivity index (χ0n) is 17.8. The van der Waals surface area contributed by atoms with Crippen LogP contribution in [0, 0.1) is 12.8 Å². The minimum atomic E-state index is -0.687. The van der Waals surface area contributed by atoms with Gasteiger partial charge < -0.3 is 9.88 Å². The third-order valence-electron chi connectivity index (χ3n) is 5.09. The van der Waals surface area contributed by atoms with Crippen LogP contribution in [0.3, 0.4) is 0 Å². The highest BCUT2D eigenvalue weighted by Crippen LogP contribution is 2.19. The van der Waals surface area contributed by atoms with Gasteiger partial charge in [-0.15, -0.1) is 0 Å². The maximum absolute atomic E-state index is 12.7. The SMILES string of the molecule is CCn1cc(C=NNC(=O)C(NC(=O)c2ccc(C)cc2)C(C)C)c2ccccc21. The Morgan fingerprint density at radius 2 is 1.80 bits per heavy atom. The molecule has 1 unspecified atom stereocenters. The van der Waals surface area contributed by atoms with E-state index in [1.807, 2.05) is 57.3 Å². The summed E-state index contributed by atoms with van der Waals surface area (Å²) in [6, 6.07) is 14.6. The Balaban J connectivity index is 1.70. The van der Waals surface area contributed by atoms with Gasteiger partial charge in [-0.05, 0) is 38.0 Å². The normalized spacial score (nSPS) is 12.4. The van der Waals surface area contributed by atoms with Crippen LogP contribution in [-0.4, -0.2) is 28.6 Å². The second-order valence-electron chi connectivity index (χ2n) is 7.68. The fraction of sp³-hybridized carbons (Fsp3) is 0.292. The highest BCUT2D eigenvalue weighted by atomic mass is 16.2. The van der Waals surface area contributed by atoms with Crippen molar-refractivity contribution in [3.63, 3.8) is 0 Å². The number of para-hydroxylation sites is 1. The first kappa shape index (κ1) is 21.3. The molecule has 3 rings (SSSR count). The number of carbonyl (C=O) groups excluding carboxylic acids is 2. The summed E-state index contributed by atoms with van der Waals surface area (Å²) in [7, 11) is 0. The summed E-state index contributed by atoms with van der Waals surface area (Å²) in [6.45, 7) is 8.67. The number of hydrogen-bond donors (Lipinski definition) is 2. The fourth-order valence-corrected chi connectivity index (χ4v) is 3.34. The summed E-state index contributed by atoms with van der Waals surface area (Å²) >= 11 is 0. The number of aryl methyl sites for hydroxylation is 2. The molecule has 0 aliphatic rings. The minimum absolute atomic E-state index is 0.0865. The van der Waals surface area contributed by atoms with Gasteiger partial charge in [-0.3, -0.25) is 9.59 Å². The number of benzene rings is 2. The monoisotopic (exact) mass is 404 g/mol. The minimum Gasteiger partial charge on any atom is -0.347 e. The molecule has 156 valence electrons. The lowest BCUT2D eigenvalue weighted by Gasteiger charge is -2.20. The Morgan fingerprint density at radius 1 is 1.10 bits per heavy atom. The molecule has 3 aromatic rings. The molecular weight excluding hydrogens is 376 g/mol. The largest absolute Gasteiger partial charge is 0.347 e. The van der Waals surface area contributed by atoms with Gasteiger partial charge in [0.2, 0.25) is 0 Å². The number of rotatable bonds is 7. The summed E-state index contributed by atoms with van der Waals surface area (Å²) in [5.74, 6) is -0.712. The lowest BCUT2D eigenvalue weighted by atomic mass is 10.0. The van der Waals surface area contributed by atoms with Crippen LogP contribution in [0.4, 0.5) is 0 Å². The van der Waals surface area contributed by atoms with Crippen LogP contribution in [0.1, 0.15) is 42.3 Å². The molecule has 6 nitrogen and oxygen atoms in total. The maximum Gasteiger partial charge on any atom is 0.262 e. The number of carbonyl (C=O) groups is 2. The van der Waals surface area contributed by atoms with Crippen LogP contribution in [0.15, 0.2) is 59.8 Å². The summed E-state index contributed by atoms with van der Waals surface area (Å²) in [4.78, 5) is 25.2. The van der Waals surface area contributed by atoms with Crippen LogP contribution in [0.2, 0.25) is 0 Å². The van der Waals surface area contributed by atoms with Crippen molar-refractivity contribution in [2.45, 2.75) is 40.3 Å². The van der Waals surface area contributed by atoms with E-state index in [9.17, 15) is 9.59 Å². The second kappa shape index (κ2) is 9.39. The Hall–Kier alpha value is -3.41. The first-order valence-corrected chi connectivity index (χ1v) is 10.2. The Bertz CT molecular complexity index is 1060. The van der Waals surface area contributed by atoms with Gasteiger partial charge in [0.05, 0.1) is 6.21 Å². The van der Waals surface area contributed by atoms with E-state index < -0.39 is 6.04 Å². The summed E-state index contributed by atoms with van der Waals surface area (Å²) < 4.78 is 2.14. The number of hydrogen-bond acceptors (Lipinski definition) is 3. The van der Waals surface area contributed by atoms with E-state index in [1.165, 1.54) is 0 Å². The summed E-state index contributed by atoms with van der Waals surface area (Å²) in [5, 5.41) is 8.03. The topological polar surface area (TPSA) is 75.5 Å². The molecule has 0 aliphatic heterocycles. The van der Waals surface area contributed by atoms with E-state index in [0.29, 0.717) is 5.56 Å². The van der Waals surface area contributed by atoms with Crippen LogP contribution in [-0.2, 0) is 11.3 Å². The third-order valence-corrected chi connectivity index (χ3v) is 5.09. The van der Waals surface area contributed by atoms with Crippen LogP contribution >= 0.6 is 0 Å². The van der Waals surface area contributed by atoms with Crippen molar-refractivity contribution in [3.8, 4) is 0 Å². The lowest BCUT2D eigenvalue weighted by molar-refractivity contribution is -0.123. The van der Waals surface area contributed by atoms with Gasteiger partial charge in [0.1, 0.15) is 6.04 Å². The van der Waals surface area contributed by atoms with Crippen LogP contribution in [0.25, 0.3) is 10.9 Å². The summed E-state index contributed by atoms with van der Waals surface area (Å²) in [5.41, 5.74) is 6.22. The summed E-state index contributed by atoms with van der Waals surface area (Å²) in [6.07, 6.45) is 3.66. The van der Waals surface area contributed by atoms with E-state index >= 15 is 0 Å². The standard InChI is InChI=1S/C24H28N4O2/c1-5-28-15-19(20-8-6-7-9-21(20)28)14-25-27-24(30)22(16(2)3)26-23(29)18-12-10-17(4)11-13-18/h6-16,22H,5H2,1-4H3,(H,26,29)(H,27,30). The van der Waals surface area contributed by atoms with Crippen molar-refractivity contribution in [1.29, 1.82) is 0 Å². The average Bonchev–Trinajstić information content (AvgIpc) is 3.10. The number of fused-ring (bicyclic) bond motifs is 1. The molecule has 0 radical (unpaired) electrons. The first-order chi connectivity index (χ1) is 14.4. The highest BCUT2D eigenvalue weighted by Gasteiger charge is 2.24. The van der Waals surface area contributed by atoms with Gasteiger partial charge >= 0.3 is 0 Å². The van der Waals surface area contributed by atoms with Crippen molar-refractivity contribution in [2.75, 3.05) is 0 Å². The molecule has 0 saturated carbocycles. The predicted molar refractivity (Wildman–Crippen MR) is 121 cm³/mol. The molecule has 0 spiro atoms. The molecule has 2 aromatic carbocycles. The van der Waals surface area contributed by atoms with Crippen molar-refractivity contribution >= 4 is 28.9 Å². The van der Waals surface area contributed by atoms with Gasteiger partial charge in [-0.1, -0.05) is 49.7 Å². The second-order valence-corrected chi connectivity index (χ2v) is 7.68. The highest BCUT2D eigenvalue weighted by molar-refractivity contribution is 6.00. The van der Waals surface area contributed by atoms with E-state index in [0.717, 1.165) is 28.6 Å². The molecule has 2 amide bonds. The number of aromatic nitrogens is 1. The van der Waals surface area contributed by atoms with Gasteiger partial charge in [-0.25, -0.2) is 5.43 Å². The molecule has 0 saturated heterocycles. The number of amides is 2. The van der Waals surface area contributed by atoms with Gasteiger partial charge in [-0.2, -0.15) is 5.10 Å². The van der Waals surface area contributed by atoms with E-state index in [1.54, 1.807) is 18.3 Å². The molecule has 1 aromatic heterocycles. The van der Waals surface area contributed by atoms with E-state index in [4.69, 9.17) is 0 Å². The van der Waals surface area contributed by atoms with Crippen molar-refractivity contribution in [1.82, 2.24) is 15.3 Å². The Morgan fingerprint density at radius 3 is 2.47 bits per heavy atom. The molecule has 1 atom stereocenters.